The van der Waals surface area contributed by atoms with E-state index in [1.54, 1.807) is 19.2 Å². The van der Waals surface area contributed by atoms with Crippen LogP contribution >= 0.6 is 0 Å². The minimum atomic E-state index is -0.249. The van der Waals surface area contributed by atoms with Crippen molar-refractivity contribution in [1.29, 1.82) is 0 Å². The van der Waals surface area contributed by atoms with Crippen molar-refractivity contribution in [2.75, 3.05) is 31.7 Å². The van der Waals surface area contributed by atoms with Crippen molar-refractivity contribution in [3.05, 3.63) is 54.3 Å². The van der Waals surface area contributed by atoms with Crippen molar-refractivity contribution in [2.45, 2.75) is 25.6 Å². The topological polar surface area (TPSA) is 30.9 Å². The first-order chi connectivity index (χ1) is 12.2. The summed E-state index contributed by atoms with van der Waals surface area (Å²) in [5.41, 5.74) is 0.547. The number of rotatable bonds is 6. The molecule has 25 heavy (non-hydrogen) atoms. The fourth-order valence-corrected chi connectivity index (χ4v) is 3.14. The van der Waals surface area contributed by atoms with Crippen LogP contribution in [0.25, 0.3) is 0 Å². The third kappa shape index (κ3) is 4.23. The second-order valence-corrected chi connectivity index (χ2v) is 6.02. The van der Waals surface area contributed by atoms with E-state index >= 15 is 0 Å². The molecular formula is C20H24FNO3. The second-order valence-electron chi connectivity index (χ2n) is 6.02. The van der Waals surface area contributed by atoms with E-state index in [0.29, 0.717) is 31.1 Å². The Balaban J connectivity index is 1.72. The number of hydrogen-bond donors (Lipinski definition) is 0. The summed E-state index contributed by atoms with van der Waals surface area (Å²) in [5.74, 6) is 1.25. The van der Waals surface area contributed by atoms with Gasteiger partial charge in [-0.3, -0.25) is 0 Å². The van der Waals surface area contributed by atoms with Crippen LogP contribution in [0.1, 0.15) is 13.3 Å². The molecular weight excluding hydrogens is 321 g/mol. The Kier molecular flexibility index (Phi) is 5.76. The number of benzene rings is 2. The van der Waals surface area contributed by atoms with Crippen LogP contribution in [0.15, 0.2) is 48.5 Å². The lowest BCUT2D eigenvalue weighted by atomic mass is 10.0. The monoisotopic (exact) mass is 345 g/mol. The van der Waals surface area contributed by atoms with E-state index in [2.05, 4.69) is 0 Å². The van der Waals surface area contributed by atoms with Crippen molar-refractivity contribution in [3.8, 4) is 11.5 Å². The predicted molar refractivity (Wildman–Crippen MR) is 96.1 cm³/mol. The van der Waals surface area contributed by atoms with Crippen LogP contribution in [0.3, 0.4) is 0 Å². The number of para-hydroxylation sites is 1. The number of halogens is 1. The summed E-state index contributed by atoms with van der Waals surface area (Å²) in [5, 5.41) is 0. The summed E-state index contributed by atoms with van der Waals surface area (Å²) < 4.78 is 31.5. The molecule has 2 aromatic rings. The van der Waals surface area contributed by atoms with E-state index in [1.807, 2.05) is 42.2 Å². The Hall–Kier alpha value is -2.27. The third-order valence-corrected chi connectivity index (χ3v) is 4.40. The Morgan fingerprint density at radius 1 is 1.08 bits per heavy atom. The van der Waals surface area contributed by atoms with Gasteiger partial charge in [0.2, 0.25) is 0 Å². The zero-order chi connectivity index (χ0) is 17.6. The summed E-state index contributed by atoms with van der Waals surface area (Å²) in [4.78, 5) is 2.00. The van der Waals surface area contributed by atoms with Crippen LogP contribution in [0.4, 0.5) is 10.1 Å². The summed E-state index contributed by atoms with van der Waals surface area (Å²) in [6.45, 7) is 3.74. The van der Waals surface area contributed by atoms with Gasteiger partial charge in [0.15, 0.2) is 0 Å². The molecule has 0 amide bonds. The van der Waals surface area contributed by atoms with E-state index in [9.17, 15) is 4.39 Å². The number of piperidine rings is 1. The fourth-order valence-electron chi connectivity index (χ4n) is 3.14. The molecule has 0 radical (unpaired) electrons. The molecule has 0 bridgehead atoms. The van der Waals surface area contributed by atoms with Crippen molar-refractivity contribution >= 4 is 5.69 Å². The van der Waals surface area contributed by atoms with E-state index in [1.165, 1.54) is 6.07 Å². The molecule has 2 aromatic carbocycles. The molecule has 134 valence electrons. The van der Waals surface area contributed by atoms with Gasteiger partial charge in [-0.15, -0.1) is 0 Å². The van der Waals surface area contributed by atoms with Gasteiger partial charge in [0.05, 0.1) is 12.3 Å². The van der Waals surface area contributed by atoms with Gasteiger partial charge in [-0.05, 0) is 31.2 Å². The molecule has 0 aliphatic carbocycles. The zero-order valence-corrected chi connectivity index (χ0v) is 14.7. The Bertz CT molecular complexity index is 680. The molecule has 1 heterocycles. The molecule has 1 fully saturated rings. The molecule has 1 aliphatic rings. The lowest BCUT2D eigenvalue weighted by molar-refractivity contribution is -0.00726. The minimum absolute atomic E-state index is 0.0539. The zero-order valence-electron chi connectivity index (χ0n) is 14.7. The highest BCUT2D eigenvalue weighted by Gasteiger charge is 2.32. The molecule has 2 atom stereocenters. The van der Waals surface area contributed by atoms with Gasteiger partial charge >= 0.3 is 0 Å². The largest absolute Gasteiger partial charge is 0.494 e. The molecule has 4 nitrogen and oxygen atoms in total. The van der Waals surface area contributed by atoms with E-state index < -0.39 is 0 Å². The molecule has 0 spiro atoms. The first-order valence-electron chi connectivity index (χ1n) is 8.63. The first-order valence-corrected chi connectivity index (χ1v) is 8.63. The van der Waals surface area contributed by atoms with Crippen molar-refractivity contribution < 1.29 is 18.6 Å². The van der Waals surface area contributed by atoms with Crippen LogP contribution in [0.5, 0.6) is 11.5 Å². The average molecular weight is 345 g/mol. The average Bonchev–Trinajstić information content (AvgIpc) is 2.65. The number of methoxy groups -OCH3 is 1. The second kappa shape index (κ2) is 8.21. The highest BCUT2D eigenvalue weighted by Crippen LogP contribution is 2.29. The van der Waals surface area contributed by atoms with Gasteiger partial charge in [0, 0.05) is 32.7 Å². The van der Waals surface area contributed by atoms with Crippen LogP contribution in [0.2, 0.25) is 0 Å². The predicted octanol–water partition coefficient (Wildman–Crippen LogP) is 3.90. The van der Waals surface area contributed by atoms with Gasteiger partial charge in [-0.2, -0.15) is 0 Å². The maximum atomic E-state index is 14.3. The molecule has 5 heteroatoms. The number of anilines is 1. The summed E-state index contributed by atoms with van der Waals surface area (Å²) >= 11 is 0. The van der Waals surface area contributed by atoms with Crippen LogP contribution in [0, 0.1) is 5.82 Å². The van der Waals surface area contributed by atoms with Crippen LogP contribution < -0.4 is 14.4 Å². The lowest BCUT2D eigenvalue weighted by Gasteiger charge is -2.39. The van der Waals surface area contributed by atoms with Gasteiger partial charge in [-0.1, -0.05) is 18.2 Å². The minimum Gasteiger partial charge on any atom is -0.494 e. The molecule has 1 aliphatic heterocycles. The number of ether oxygens (including phenoxy) is 3. The number of nitrogens with zero attached hydrogens (tertiary/aromatic N) is 1. The quantitative estimate of drug-likeness (QED) is 0.795. The summed E-state index contributed by atoms with van der Waals surface area (Å²) in [6, 6.07) is 14.6. The molecule has 0 saturated carbocycles. The Labute approximate surface area is 148 Å². The van der Waals surface area contributed by atoms with Gasteiger partial charge in [0.1, 0.15) is 29.5 Å². The number of hydrogen-bond acceptors (Lipinski definition) is 4. The molecule has 1 saturated heterocycles. The molecule has 3 rings (SSSR count). The normalized spacial score (nSPS) is 20.4. The highest BCUT2D eigenvalue weighted by atomic mass is 19.1. The SMILES string of the molecule is CCOc1ccc(F)c(N2CCC(Oc3ccccc3)C(OC)C2)c1. The van der Waals surface area contributed by atoms with Gasteiger partial charge < -0.3 is 19.1 Å². The van der Waals surface area contributed by atoms with E-state index in [0.717, 1.165) is 12.2 Å². The maximum Gasteiger partial charge on any atom is 0.146 e. The van der Waals surface area contributed by atoms with Crippen molar-refractivity contribution in [1.82, 2.24) is 0 Å². The third-order valence-electron chi connectivity index (χ3n) is 4.40. The lowest BCUT2D eigenvalue weighted by Crippen LogP contribution is -2.50. The fraction of sp³-hybridized carbons (Fsp3) is 0.400. The van der Waals surface area contributed by atoms with Crippen LogP contribution in [-0.2, 0) is 4.74 Å². The van der Waals surface area contributed by atoms with Crippen molar-refractivity contribution in [2.24, 2.45) is 0 Å². The molecule has 2 unspecified atom stereocenters. The van der Waals surface area contributed by atoms with Gasteiger partial charge in [-0.25, -0.2) is 4.39 Å². The maximum absolute atomic E-state index is 14.3. The summed E-state index contributed by atoms with van der Waals surface area (Å²) in [6.07, 6.45) is 0.567. The van der Waals surface area contributed by atoms with E-state index in [-0.39, 0.29) is 18.0 Å². The van der Waals surface area contributed by atoms with Gasteiger partial charge in [0.25, 0.3) is 0 Å². The smallest absolute Gasteiger partial charge is 0.146 e. The van der Waals surface area contributed by atoms with E-state index in [4.69, 9.17) is 14.2 Å². The Morgan fingerprint density at radius 3 is 2.60 bits per heavy atom. The first kappa shape index (κ1) is 17.5. The summed E-state index contributed by atoms with van der Waals surface area (Å²) in [7, 11) is 1.67. The Morgan fingerprint density at radius 2 is 1.88 bits per heavy atom. The van der Waals surface area contributed by atoms with Crippen molar-refractivity contribution in [3.63, 3.8) is 0 Å². The molecule has 0 N–H and O–H groups in total. The molecule has 0 aromatic heterocycles. The highest BCUT2D eigenvalue weighted by molar-refractivity contribution is 5.52. The van der Waals surface area contributed by atoms with Crippen LogP contribution in [-0.4, -0.2) is 39.0 Å². The standard InChI is InChI=1S/C20H24FNO3/c1-3-24-16-9-10-17(21)18(13-16)22-12-11-19(20(14-22)23-2)25-15-7-5-4-6-8-15/h4-10,13,19-20H,3,11-12,14H2,1-2H3.